The van der Waals surface area contributed by atoms with Crippen LogP contribution < -0.4 is 5.32 Å². The van der Waals surface area contributed by atoms with Crippen molar-refractivity contribution in [3.05, 3.63) is 29.8 Å². The van der Waals surface area contributed by atoms with Gasteiger partial charge in [0.15, 0.2) is 5.13 Å². The molecule has 4 rings (SSSR count). The molecule has 1 aromatic carbocycles. The summed E-state index contributed by atoms with van der Waals surface area (Å²) in [5.74, 6) is -0.179. The topological polar surface area (TPSA) is 85.6 Å². The van der Waals surface area contributed by atoms with Crippen molar-refractivity contribution in [2.75, 3.05) is 5.32 Å². The fraction of sp³-hybridized carbons (Fsp3) is 0.154. The van der Waals surface area contributed by atoms with Crippen LogP contribution in [0, 0.1) is 6.92 Å². The summed E-state index contributed by atoms with van der Waals surface area (Å²) in [5, 5.41) is 8.31. The number of nitrogens with zero attached hydrogens (tertiary/aromatic N) is 5. The first kappa shape index (κ1) is 13.3. The molecule has 0 bridgehead atoms. The molecule has 0 aliphatic heterocycles. The van der Waals surface area contributed by atoms with Gasteiger partial charge in [-0.25, -0.2) is 19.6 Å². The summed E-state index contributed by atoms with van der Waals surface area (Å²) in [7, 11) is 0. The van der Waals surface area contributed by atoms with Crippen molar-refractivity contribution in [3.8, 4) is 0 Å². The van der Waals surface area contributed by atoms with Crippen molar-refractivity contribution in [2.45, 2.75) is 13.5 Å². The minimum absolute atomic E-state index is 0.116. The molecule has 1 N–H and O–H groups in total. The number of aromatic nitrogens is 5. The van der Waals surface area contributed by atoms with Crippen LogP contribution in [-0.2, 0) is 11.3 Å². The molecular formula is C13H10N6OS2. The maximum absolute atomic E-state index is 12.0. The molecule has 110 valence electrons. The van der Waals surface area contributed by atoms with Crippen LogP contribution >= 0.6 is 22.7 Å². The Balaban J connectivity index is 1.64. The van der Waals surface area contributed by atoms with Crippen LogP contribution in [0.4, 0.5) is 5.13 Å². The van der Waals surface area contributed by atoms with Crippen molar-refractivity contribution < 1.29 is 4.79 Å². The molecule has 0 saturated heterocycles. The number of amides is 1. The number of thiazole rings is 2. The van der Waals surface area contributed by atoms with Crippen LogP contribution in [0.25, 0.3) is 20.4 Å². The Morgan fingerprint density at radius 2 is 2.00 bits per heavy atom. The van der Waals surface area contributed by atoms with Gasteiger partial charge in [-0.1, -0.05) is 11.3 Å². The van der Waals surface area contributed by atoms with Crippen molar-refractivity contribution in [3.63, 3.8) is 0 Å². The Morgan fingerprint density at radius 3 is 2.77 bits per heavy atom. The van der Waals surface area contributed by atoms with Gasteiger partial charge < -0.3 is 5.32 Å². The maximum Gasteiger partial charge on any atom is 0.247 e. The van der Waals surface area contributed by atoms with Crippen molar-refractivity contribution >= 4 is 54.1 Å². The molecule has 0 fully saturated rings. The van der Waals surface area contributed by atoms with Gasteiger partial charge in [0, 0.05) is 0 Å². The number of nitrogens with one attached hydrogen (secondary N) is 1. The third-order valence-electron chi connectivity index (χ3n) is 3.04. The number of carbonyl (C=O) groups is 1. The Labute approximate surface area is 132 Å². The van der Waals surface area contributed by atoms with Gasteiger partial charge in [-0.15, -0.1) is 11.3 Å². The summed E-state index contributed by atoms with van der Waals surface area (Å²) in [5.41, 5.74) is 1.84. The first-order chi connectivity index (χ1) is 10.7. The largest absolute Gasteiger partial charge is 0.300 e. The second kappa shape index (κ2) is 5.11. The monoisotopic (exact) mass is 330 g/mol. The summed E-state index contributed by atoms with van der Waals surface area (Å²) in [6.45, 7) is 2.10. The second-order valence-electron chi connectivity index (χ2n) is 4.66. The number of aryl methyl sites for hydroxylation is 1. The van der Waals surface area contributed by atoms with Gasteiger partial charge in [-0.3, -0.25) is 4.79 Å². The summed E-state index contributed by atoms with van der Waals surface area (Å²) in [4.78, 5) is 24.7. The molecule has 1 amide bonds. The minimum Gasteiger partial charge on any atom is -0.300 e. The van der Waals surface area contributed by atoms with Gasteiger partial charge >= 0.3 is 0 Å². The zero-order valence-corrected chi connectivity index (χ0v) is 13.1. The number of benzene rings is 1. The van der Waals surface area contributed by atoms with Gasteiger partial charge in [-0.05, 0) is 19.1 Å². The summed E-state index contributed by atoms with van der Waals surface area (Å²) in [6, 6.07) is 3.89. The van der Waals surface area contributed by atoms with Gasteiger partial charge in [-0.2, -0.15) is 5.10 Å². The van der Waals surface area contributed by atoms with Gasteiger partial charge in [0.05, 0.1) is 25.4 Å². The van der Waals surface area contributed by atoms with E-state index in [1.54, 1.807) is 11.3 Å². The molecule has 7 nitrogen and oxygen atoms in total. The summed E-state index contributed by atoms with van der Waals surface area (Å²) in [6.07, 6.45) is 2.90. The predicted molar refractivity (Wildman–Crippen MR) is 86.2 cm³/mol. The highest BCUT2D eigenvalue weighted by Crippen LogP contribution is 2.35. The van der Waals surface area contributed by atoms with E-state index in [9.17, 15) is 4.79 Å². The van der Waals surface area contributed by atoms with E-state index in [-0.39, 0.29) is 12.5 Å². The molecule has 0 spiro atoms. The molecule has 0 unspecified atom stereocenters. The average molecular weight is 330 g/mol. The molecule has 4 aromatic rings. The Morgan fingerprint density at radius 1 is 1.23 bits per heavy atom. The fourth-order valence-electron chi connectivity index (χ4n) is 2.16. The van der Waals surface area contributed by atoms with Crippen molar-refractivity contribution in [1.29, 1.82) is 0 Å². The van der Waals surface area contributed by atoms with Crippen LogP contribution in [-0.4, -0.2) is 30.6 Å². The van der Waals surface area contributed by atoms with Crippen LogP contribution in [0.3, 0.4) is 0 Å². The number of carbonyl (C=O) groups excluding carboxylic acids is 1. The molecule has 3 heterocycles. The zero-order chi connectivity index (χ0) is 15.1. The highest BCUT2D eigenvalue weighted by Gasteiger charge is 2.12. The lowest BCUT2D eigenvalue weighted by Crippen LogP contribution is -2.18. The number of hydrogen-bond acceptors (Lipinski definition) is 7. The quantitative estimate of drug-likeness (QED) is 0.623. The van der Waals surface area contributed by atoms with E-state index in [1.807, 2.05) is 19.1 Å². The van der Waals surface area contributed by atoms with E-state index in [1.165, 1.54) is 28.7 Å². The lowest BCUT2D eigenvalue weighted by Gasteiger charge is -2.00. The van der Waals surface area contributed by atoms with Gasteiger partial charge in [0.1, 0.15) is 19.2 Å². The molecule has 0 saturated carbocycles. The third kappa shape index (κ3) is 2.34. The number of anilines is 1. The van der Waals surface area contributed by atoms with Crippen LogP contribution in [0.1, 0.15) is 5.01 Å². The van der Waals surface area contributed by atoms with Gasteiger partial charge in [0.25, 0.3) is 0 Å². The molecule has 0 aliphatic rings. The number of rotatable bonds is 3. The molecule has 3 aromatic heterocycles. The zero-order valence-electron chi connectivity index (χ0n) is 11.5. The lowest BCUT2D eigenvalue weighted by molar-refractivity contribution is -0.116. The fourth-order valence-corrected chi connectivity index (χ4v) is 4.18. The van der Waals surface area contributed by atoms with E-state index in [0.29, 0.717) is 5.13 Å². The Kier molecular flexibility index (Phi) is 3.09. The molecular weight excluding hydrogens is 320 g/mol. The Bertz CT molecular complexity index is 971. The first-order valence-corrected chi connectivity index (χ1v) is 8.11. The Hall–Kier alpha value is -2.39. The number of hydrogen-bond donors (Lipinski definition) is 1. The van der Waals surface area contributed by atoms with Crippen LogP contribution in [0.15, 0.2) is 24.8 Å². The van der Waals surface area contributed by atoms with E-state index < -0.39 is 0 Å². The summed E-state index contributed by atoms with van der Waals surface area (Å²) >= 11 is 3.10. The molecule has 9 heteroatoms. The molecule has 0 aliphatic carbocycles. The SMILES string of the molecule is Cc1nc2ccc3nc(NC(=O)Cn4cncn4)sc3c2s1. The van der Waals surface area contributed by atoms with E-state index >= 15 is 0 Å². The molecule has 0 atom stereocenters. The highest BCUT2D eigenvalue weighted by atomic mass is 32.1. The average Bonchev–Trinajstić information content (AvgIpc) is 3.16. The highest BCUT2D eigenvalue weighted by molar-refractivity contribution is 7.28. The predicted octanol–water partition coefficient (Wildman–Crippen LogP) is 2.44. The molecule has 0 radical (unpaired) electrons. The van der Waals surface area contributed by atoms with Crippen LogP contribution in [0.2, 0.25) is 0 Å². The smallest absolute Gasteiger partial charge is 0.247 e. The van der Waals surface area contributed by atoms with E-state index in [2.05, 4.69) is 25.4 Å². The van der Waals surface area contributed by atoms with E-state index in [4.69, 9.17) is 0 Å². The number of fused-ring (bicyclic) bond motifs is 3. The first-order valence-electron chi connectivity index (χ1n) is 6.48. The standard InChI is InChI=1S/C13H10N6OS2/c1-7-16-8-2-3-9-12(11(8)21-7)22-13(17-9)18-10(20)4-19-6-14-5-15-19/h2-3,5-6H,4H2,1H3,(H,17,18,20). The lowest BCUT2D eigenvalue weighted by atomic mass is 10.3. The van der Waals surface area contributed by atoms with Crippen LogP contribution in [0.5, 0.6) is 0 Å². The molecule has 22 heavy (non-hydrogen) atoms. The minimum atomic E-state index is -0.179. The van der Waals surface area contributed by atoms with E-state index in [0.717, 1.165) is 25.4 Å². The van der Waals surface area contributed by atoms with Crippen molar-refractivity contribution in [1.82, 2.24) is 24.7 Å². The van der Waals surface area contributed by atoms with Gasteiger partial charge in [0.2, 0.25) is 5.91 Å². The second-order valence-corrected chi connectivity index (χ2v) is 6.86. The maximum atomic E-state index is 12.0. The third-order valence-corrected chi connectivity index (χ3v) is 5.17. The summed E-state index contributed by atoms with van der Waals surface area (Å²) < 4.78 is 3.64. The normalized spacial score (nSPS) is 11.3. The van der Waals surface area contributed by atoms with Crippen molar-refractivity contribution in [2.24, 2.45) is 0 Å².